The van der Waals surface area contributed by atoms with E-state index in [0.29, 0.717) is 28.7 Å². The van der Waals surface area contributed by atoms with Gasteiger partial charge in [0.25, 0.3) is 0 Å². The molecule has 0 aliphatic carbocycles. The highest BCUT2D eigenvalue weighted by Gasteiger charge is 2.15. The third-order valence-electron chi connectivity index (χ3n) is 3.52. The molecule has 0 spiro atoms. The monoisotopic (exact) mass is 358 g/mol. The Labute approximate surface area is 151 Å². The maximum Gasteiger partial charge on any atom is 0.227 e. The maximum absolute atomic E-state index is 12.6. The molecule has 0 heterocycles. The van der Waals surface area contributed by atoms with Crippen molar-refractivity contribution in [3.8, 4) is 6.07 Å². The SMILES string of the molecule is C=CCN(Cc1ccc(C#N)cc1)C(=O)Cc1ccc(Cl)cc1Cl. The Morgan fingerprint density at radius 2 is 1.92 bits per heavy atom. The van der Waals surface area contributed by atoms with E-state index in [-0.39, 0.29) is 12.3 Å². The highest BCUT2D eigenvalue weighted by atomic mass is 35.5. The van der Waals surface area contributed by atoms with Crippen LogP contribution in [-0.2, 0) is 17.8 Å². The number of carbonyl (C=O) groups excluding carboxylic acids is 1. The minimum atomic E-state index is -0.0523. The van der Waals surface area contributed by atoms with Gasteiger partial charge in [-0.2, -0.15) is 5.26 Å². The molecule has 0 aliphatic rings. The Hall–Kier alpha value is -2.28. The van der Waals surface area contributed by atoms with Gasteiger partial charge in [-0.05, 0) is 35.4 Å². The molecule has 2 aromatic carbocycles. The van der Waals surface area contributed by atoms with Gasteiger partial charge in [-0.3, -0.25) is 4.79 Å². The summed E-state index contributed by atoms with van der Waals surface area (Å²) in [6.07, 6.45) is 1.88. The highest BCUT2D eigenvalue weighted by Crippen LogP contribution is 2.22. The molecule has 0 bridgehead atoms. The van der Waals surface area contributed by atoms with Crippen LogP contribution in [0.2, 0.25) is 10.0 Å². The fourth-order valence-corrected chi connectivity index (χ4v) is 2.73. The molecule has 0 unspecified atom stereocenters. The fourth-order valence-electron chi connectivity index (χ4n) is 2.26. The summed E-state index contributed by atoms with van der Waals surface area (Å²) in [6, 6.07) is 14.3. The molecular weight excluding hydrogens is 343 g/mol. The highest BCUT2D eigenvalue weighted by molar-refractivity contribution is 6.35. The summed E-state index contributed by atoms with van der Waals surface area (Å²) in [7, 11) is 0. The van der Waals surface area contributed by atoms with E-state index in [1.807, 2.05) is 12.1 Å². The molecule has 0 atom stereocenters. The van der Waals surface area contributed by atoms with Crippen molar-refractivity contribution >= 4 is 29.1 Å². The van der Waals surface area contributed by atoms with Gasteiger partial charge in [0.2, 0.25) is 5.91 Å². The average molecular weight is 359 g/mol. The van der Waals surface area contributed by atoms with Crippen molar-refractivity contribution in [2.75, 3.05) is 6.54 Å². The van der Waals surface area contributed by atoms with Gasteiger partial charge in [-0.25, -0.2) is 0 Å². The third kappa shape index (κ3) is 4.86. The Kier molecular flexibility index (Phi) is 6.43. The van der Waals surface area contributed by atoms with Crippen LogP contribution >= 0.6 is 23.2 Å². The first kappa shape index (κ1) is 18.1. The standard InChI is InChI=1S/C19H16Cl2N2O/c1-2-9-23(13-15-5-3-14(12-22)4-6-15)19(24)10-16-7-8-17(20)11-18(16)21/h2-8,11H,1,9-10,13H2. The number of halogens is 2. The molecule has 0 aliphatic heterocycles. The van der Waals surface area contributed by atoms with Crippen LogP contribution in [0.4, 0.5) is 0 Å². The first-order valence-corrected chi connectivity index (χ1v) is 8.10. The number of nitriles is 1. The largest absolute Gasteiger partial charge is 0.334 e. The molecule has 0 aromatic heterocycles. The Bertz CT molecular complexity index is 779. The van der Waals surface area contributed by atoms with E-state index in [2.05, 4.69) is 12.6 Å². The summed E-state index contributed by atoms with van der Waals surface area (Å²) in [5.41, 5.74) is 2.28. The summed E-state index contributed by atoms with van der Waals surface area (Å²) in [5, 5.41) is 9.86. The topological polar surface area (TPSA) is 44.1 Å². The van der Waals surface area contributed by atoms with Gasteiger partial charge in [0.05, 0.1) is 18.1 Å². The second kappa shape index (κ2) is 8.54. The van der Waals surface area contributed by atoms with E-state index >= 15 is 0 Å². The molecule has 2 rings (SSSR count). The summed E-state index contributed by atoms with van der Waals surface area (Å²) >= 11 is 12.0. The molecule has 122 valence electrons. The minimum absolute atomic E-state index is 0.0523. The lowest BCUT2D eigenvalue weighted by Gasteiger charge is -2.21. The van der Waals surface area contributed by atoms with Gasteiger partial charge in [0.1, 0.15) is 0 Å². The number of hydrogen-bond acceptors (Lipinski definition) is 2. The van der Waals surface area contributed by atoms with Crippen molar-refractivity contribution in [3.63, 3.8) is 0 Å². The Balaban J connectivity index is 2.12. The van der Waals surface area contributed by atoms with Crippen molar-refractivity contribution < 1.29 is 4.79 Å². The van der Waals surface area contributed by atoms with Crippen molar-refractivity contribution in [1.29, 1.82) is 5.26 Å². The van der Waals surface area contributed by atoms with Gasteiger partial charge in [-0.15, -0.1) is 6.58 Å². The van der Waals surface area contributed by atoms with Crippen LogP contribution in [0, 0.1) is 11.3 Å². The van der Waals surface area contributed by atoms with Crippen LogP contribution in [0.3, 0.4) is 0 Å². The summed E-state index contributed by atoms with van der Waals surface area (Å²) in [5.74, 6) is -0.0523. The second-order valence-electron chi connectivity index (χ2n) is 5.28. The van der Waals surface area contributed by atoms with Crippen LogP contribution in [-0.4, -0.2) is 17.4 Å². The zero-order valence-electron chi connectivity index (χ0n) is 13.0. The molecule has 0 radical (unpaired) electrons. The zero-order valence-corrected chi connectivity index (χ0v) is 14.5. The fraction of sp³-hybridized carbons (Fsp3) is 0.158. The van der Waals surface area contributed by atoms with Crippen molar-refractivity contribution in [2.45, 2.75) is 13.0 Å². The van der Waals surface area contributed by atoms with Crippen LogP contribution in [0.5, 0.6) is 0 Å². The first-order valence-electron chi connectivity index (χ1n) is 7.35. The van der Waals surface area contributed by atoms with Crippen molar-refractivity contribution in [2.24, 2.45) is 0 Å². The average Bonchev–Trinajstić information content (AvgIpc) is 2.57. The molecule has 0 saturated carbocycles. The zero-order chi connectivity index (χ0) is 17.5. The molecule has 24 heavy (non-hydrogen) atoms. The van der Waals surface area contributed by atoms with Crippen LogP contribution < -0.4 is 0 Å². The molecular formula is C19H16Cl2N2O. The lowest BCUT2D eigenvalue weighted by molar-refractivity contribution is -0.130. The molecule has 1 amide bonds. The molecule has 2 aromatic rings. The van der Waals surface area contributed by atoms with E-state index in [1.165, 1.54) is 0 Å². The summed E-state index contributed by atoms with van der Waals surface area (Å²) < 4.78 is 0. The molecule has 0 saturated heterocycles. The second-order valence-corrected chi connectivity index (χ2v) is 6.13. The molecule has 5 heteroatoms. The van der Waals surface area contributed by atoms with Gasteiger partial charge in [-0.1, -0.05) is 47.5 Å². The number of hydrogen-bond donors (Lipinski definition) is 0. The van der Waals surface area contributed by atoms with Crippen molar-refractivity contribution in [3.05, 3.63) is 81.9 Å². The van der Waals surface area contributed by atoms with Gasteiger partial charge < -0.3 is 4.90 Å². The smallest absolute Gasteiger partial charge is 0.227 e. The molecule has 0 N–H and O–H groups in total. The molecule has 0 fully saturated rings. The maximum atomic E-state index is 12.6. The van der Waals surface area contributed by atoms with Gasteiger partial charge >= 0.3 is 0 Å². The molecule has 3 nitrogen and oxygen atoms in total. The normalized spacial score (nSPS) is 10.0. The third-order valence-corrected chi connectivity index (χ3v) is 4.10. The number of nitrogens with zero attached hydrogens (tertiary/aromatic N) is 2. The van der Waals surface area contributed by atoms with Gasteiger partial charge in [0.15, 0.2) is 0 Å². The number of benzene rings is 2. The Morgan fingerprint density at radius 1 is 1.21 bits per heavy atom. The number of amides is 1. The van der Waals surface area contributed by atoms with Crippen LogP contribution in [0.15, 0.2) is 55.1 Å². The predicted octanol–water partition coefficient (Wildman–Crippen LogP) is 4.62. The lowest BCUT2D eigenvalue weighted by Crippen LogP contribution is -2.32. The quantitative estimate of drug-likeness (QED) is 0.707. The van der Waals surface area contributed by atoms with E-state index in [9.17, 15) is 4.79 Å². The minimum Gasteiger partial charge on any atom is -0.334 e. The summed E-state index contributed by atoms with van der Waals surface area (Å²) in [6.45, 7) is 4.59. The predicted molar refractivity (Wildman–Crippen MR) is 96.9 cm³/mol. The van der Waals surface area contributed by atoms with E-state index in [1.54, 1.807) is 41.3 Å². The van der Waals surface area contributed by atoms with Crippen LogP contribution in [0.1, 0.15) is 16.7 Å². The van der Waals surface area contributed by atoms with Crippen LogP contribution in [0.25, 0.3) is 0 Å². The Morgan fingerprint density at radius 3 is 2.50 bits per heavy atom. The van der Waals surface area contributed by atoms with E-state index < -0.39 is 0 Å². The first-order chi connectivity index (χ1) is 11.5. The van der Waals surface area contributed by atoms with E-state index in [4.69, 9.17) is 28.5 Å². The lowest BCUT2D eigenvalue weighted by atomic mass is 10.1. The number of rotatable bonds is 6. The van der Waals surface area contributed by atoms with Gasteiger partial charge in [0, 0.05) is 23.1 Å². The number of carbonyl (C=O) groups is 1. The van der Waals surface area contributed by atoms with Crippen molar-refractivity contribution in [1.82, 2.24) is 4.90 Å². The van der Waals surface area contributed by atoms with E-state index in [0.717, 1.165) is 11.1 Å². The summed E-state index contributed by atoms with van der Waals surface area (Å²) in [4.78, 5) is 14.3.